The molecule has 7 heteroatoms. The van der Waals surface area contributed by atoms with Crippen molar-refractivity contribution in [2.45, 2.75) is 0 Å². The molecular weight excluding hydrogens is 278 g/mol. The maximum atomic E-state index is 11.8. The highest BCUT2D eigenvalue weighted by Crippen LogP contribution is 2.30. The standard InChI is InChI=1S/C14H13NO6/c1-3-7-20-13-11(9-16)10(14(17)21-8-4-2)5-6-12(13)15(18)19/h3-6,10H,1-2,7-8H2. The van der Waals surface area contributed by atoms with Gasteiger partial charge < -0.3 is 9.47 Å². The molecule has 0 bridgehead atoms. The van der Waals surface area contributed by atoms with Gasteiger partial charge in [-0.25, -0.2) is 4.79 Å². The topological polar surface area (TPSA) is 95.7 Å². The number of rotatable bonds is 7. The highest BCUT2D eigenvalue weighted by Gasteiger charge is 2.36. The van der Waals surface area contributed by atoms with E-state index in [1.54, 1.807) is 0 Å². The minimum Gasteiger partial charge on any atom is -0.482 e. The predicted octanol–water partition coefficient (Wildman–Crippen LogP) is 1.35. The molecule has 0 aliphatic heterocycles. The lowest BCUT2D eigenvalue weighted by molar-refractivity contribution is -0.422. The quantitative estimate of drug-likeness (QED) is 0.231. The van der Waals surface area contributed by atoms with Crippen LogP contribution in [-0.4, -0.2) is 30.0 Å². The summed E-state index contributed by atoms with van der Waals surface area (Å²) in [6.07, 6.45) is 5.02. The first-order valence-corrected chi connectivity index (χ1v) is 5.90. The molecule has 7 nitrogen and oxygen atoms in total. The average Bonchev–Trinajstić information content (AvgIpc) is 2.49. The van der Waals surface area contributed by atoms with Gasteiger partial charge in [0.1, 0.15) is 30.6 Å². The van der Waals surface area contributed by atoms with Crippen molar-refractivity contribution < 1.29 is 24.0 Å². The molecule has 1 atom stereocenters. The van der Waals surface area contributed by atoms with Gasteiger partial charge in [0.2, 0.25) is 5.76 Å². The Bertz CT molecular complexity index is 580. The van der Waals surface area contributed by atoms with E-state index in [4.69, 9.17) is 9.47 Å². The third-order valence-electron chi connectivity index (χ3n) is 2.48. The smallest absolute Gasteiger partial charge is 0.318 e. The number of nitrogens with zero attached hydrogens (tertiary/aromatic N) is 1. The summed E-state index contributed by atoms with van der Waals surface area (Å²) < 4.78 is 9.97. The van der Waals surface area contributed by atoms with Gasteiger partial charge in [-0.3, -0.25) is 14.9 Å². The molecule has 0 saturated heterocycles. The minimum atomic E-state index is -1.11. The number of carbonyl (C=O) groups excluding carboxylic acids is 2. The van der Waals surface area contributed by atoms with Crippen LogP contribution in [-0.2, 0) is 19.1 Å². The van der Waals surface area contributed by atoms with Gasteiger partial charge >= 0.3 is 11.7 Å². The molecule has 110 valence electrons. The summed E-state index contributed by atoms with van der Waals surface area (Å²) in [4.78, 5) is 33.2. The van der Waals surface area contributed by atoms with Crippen molar-refractivity contribution >= 4 is 11.9 Å². The van der Waals surface area contributed by atoms with Crippen LogP contribution in [0.1, 0.15) is 0 Å². The van der Waals surface area contributed by atoms with Gasteiger partial charge in [0.05, 0.1) is 4.92 Å². The van der Waals surface area contributed by atoms with E-state index in [9.17, 15) is 19.7 Å². The van der Waals surface area contributed by atoms with E-state index in [-0.39, 0.29) is 24.5 Å². The lowest BCUT2D eigenvalue weighted by atomic mass is 9.92. The molecule has 0 N–H and O–H groups in total. The van der Waals surface area contributed by atoms with Gasteiger partial charge in [0, 0.05) is 6.08 Å². The normalized spacial score (nSPS) is 17.0. The van der Waals surface area contributed by atoms with Crippen LogP contribution >= 0.6 is 0 Å². The lowest BCUT2D eigenvalue weighted by Crippen LogP contribution is -2.24. The van der Waals surface area contributed by atoms with Crippen LogP contribution in [0.5, 0.6) is 0 Å². The van der Waals surface area contributed by atoms with E-state index in [0.717, 1.165) is 6.08 Å². The summed E-state index contributed by atoms with van der Waals surface area (Å²) in [7, 11) is 0. The monoisotopic (exact) mass is 291 g/mol. The SMILES string of the molecule is C=CCOC(=O)C1C=CC([N+](=O)[O-])=C(OCC=C)C1=C=O. The van der Waals surface area contributed by atoms with Crippen molar-refractivity contribution in [1.29, 1.82) is 0 Å². The van der Waals surface area contributed by atoms with Crippen LogP contribution in [0.3, 0.4) is 0 Å². The second-order valence-electron chi connectivity index (χ2n) is 3.84. The number of ether oxygens (including phenoxy) is 2. The fourth-order valence-corrected chi connectivity index (χ4v) is 1.61. The second-order valence-corrected chi connectivity index (χ2v) is 3.84. The Morgan fingerprint density at radius 3 is 2.62 bits per heavy atom. The number of carbonyl (C=O) groups is 1. The summed E-state index contributed by atoms with van der Waals surface area (Å²) in [6.45, 7) is 6.72. The van der Waals surface area contributed by atoms with Crippen LogP contribution in [0.15, 0.2) is 54.5 Å². The van der Waals surface area contributed by atoms with Crippen molar-refractivity contribution in [3.8, 4) is 0 Å². The molecule has 0 aromatic heterocycles. The number of allylic oxidation sites excluding steroid dienone is 2. The van der Waals surface area contributed by atoms with Crippen molar-refractivity contribution in [3.05, 3.63) is 64.6 Å². The summed E-state index contributed by atoms with van der Waals surface area (Å²) in [5.74, 6) is -0.635. The first-order chi connectivity index (χ1) is 10.1. The highest BCUT2D eigenvalue weighted by molar-refractivity contribution is 5.84. The zero-order chi connectivity index (χ0) is 15.8. The van der Waals surface area contributed by atoms with Crippen LogP contribution in [0.2, 0.25) is 0 Å². The molecule has 0 radical (unpaired) electrons. The predicted molar refractivity (Wildman–Crippen MR) is 73.2 cm³/mol. The molecule has 0 aromatic rings. The van der Waals surface area contributed by atoms with E-state index in [1.807, 2.05) is 0 Å². The summed E-state index contributed by atoms with van der Waals surface area (Å²) in [6, 6.07) is 0. The Labute approximate surface area is 120 Å². The Balaban J connectivity index is 3.17. The van der Waals surface area contributed by atoms with Crippen LogP contribution in [0.4, 0.5) is 0 Å². The Kier molecular flexibility index (Phi) is 5.85. The Hall–Kier alpha value is -2.92. The Morgan fingerprint density at radius 2 is 2.10 bits per heavy atom. The fraction of sp³-hybridized carbons (Fsp3) is 0.214. The molecule has 1 unspecified atom stereocenters. The van der Waals surface area contributed by atoms with E-state index in [2.05, 4.69) is 13.2 Å². The molecule has 1 aliphatic carbocycles. The number of hydrogen-bond acceptors (Lipinski definition) is 6. The van der Waals surface area contributed by atoms with Crippen LogP contribution in [0.25, 0.3) is 0 Å². The molecular formula is C14H13NO6. The third kappa shape index (κ3) is 3.77. The molecule has 1 aliphatic rings. The van der Waals surface area contributed by atoms with Gasteiger partial charge in [-0.1, -0.05) is 31.4 Å². The van der Waals surface area contributed by atoms with E-state index >= 15 is 0 Å². The molecule has 0 amide bonds. The van der Waals surface area contributed by atoms with Crippen LogP contribution < -0.4 is 0 Å². The van der Waals surface area contributed by atoms with Crippen molar-refractivity contribution in [3.63, 3.8) is 0 Å². The van der Waals surface area contributed by atoms with Crippen molar-refractivity contribution in [1.82, 2.24) is 0 Å². The first kappa shape index (κ1) is 16.1. The van der Waals surface area contributed by atoms with Crippen LogP contribution in [0, 0.1) is 16.0 Å². The largest absolute Gasteiger partial charge is 0.482 e. The molecule has 0 fully saturated rings. The third-order valence-corrected chi connectivity index (χ3v) is 2.48. The molecule has 0 aromatic carbocycles. The Morgan fingerprint density at radius 1 is 1.43 bits per heavy atom. The summed E-state index contributed by atoms with van der Waals surface area (Å²) >= 11 is 0. The number of nitro groups is 1. The van der Waals surface area contributed by atoms with Gasteiger partial charge in [0.15, 0.2) is 0 Å². The zero-order valence-corrected chi connectivity index (χ0v) is 11.1. The van der Waals surface area contributed by atoms with Gasteiger partial charge in [-0.15, -0.1) is 0 Å². The molecule has 1 rings (SSSR count). The zero-order valence-electron chi connectivity index (χ0n) is 11.1. The van der Waals surface area contributed by atoms with Crippen molar-refractivity contribution in [2.75, 3.05) is 13.2 Å². The van der Waals surface area contributed by atoms with E-state index < -0.39 is 22.5 Å². The minimum absolute atomic E-state index is 0.0377. The number of hydrogen-bond donors (Lipinski definition) is 0. The van der Waals surface area contributed by atoms with Gasteiger partial charge in [0.25, 0.3) is 0 Å². The summed E-state index contributed by atoms with van der Waals surface area (Å²) in [5, 5.41) is 11.0. The maximum absolute atomic E-state index is 11.8. The van der Waals surface area contributed by atoms with E-state index in [0.29, 0.717) is 0 Å². The van der Waals surface area contributed by atoms with Crippen molar-refractivity contribution in [2.24, 2.45) is 5.92 Å². The van der Waals surface area contributed by atoms with E-state index in [1.165, 1.54) is 24.2 Å². The summed E-state index contributed by atoms with van der Waals surface area (Å²) in [5.41, 5.74) is -0.705. The fourth-order valence-electron chi connectivity index (χ4n) is 1.61. The van der Waals surface area contributed by atoms with Gasteiger partial charge in [-0.05, 0) is 0 Å². The average molecular weight is 291 g/mol. The highest BCUT2D eigenvalue weighted by atomic mass is 16.6. The molecule has 21 heavy (non-hydrogen) atoms. The lowest BCUT2D eigenvalue weighted by Gasteiger charge is -2.18. The van der Waals surface area contributed by atoms with Gasteiger partial charge in [-0.2, -0.15) is 0 Å². The second kappa shape index (κ2) is 7.62. The maximum Gasteiger partial charge on any atom is 0.318 e. The number of esters is 1. The first-order valence-electron chi connectivity index (χ1n) is 5.90. The molecule has 0 spiro atoms. The molecule has 0 saturated carbocycles. The molecule has 0 heterocycles.